The number of phenols is 1. The number of rotatable bonds is 15. The summed E-state index contributed by atoms with van der Waals surface area (Å²) in [4.78, 5) is 65.4. The summed E-state index contributed by atoms with van der Waals surface area (Å²) < 4.78 is 0. The number of aliphatic carboxylic acids is 2. The Balaban J connectivity index is 2.23. The molecular weight excluding hydrogens is 514 g/mol. The van der Waals surface area contributed by atoms with Crippen LogP contribution in [0, 0.1) is 0 Å². The van der Waals surface area contributed by atoms with E-state index in [4.69, 9.17) is 16.6 Å². The van der Waals surface area contributed by atoms with Gasteiger partial charge in [-0.2, -0.15) is 0 Å². The Morgan fingerprint density at radius 1 is 0.974 bits per heavy atom. The third kappa shape index (κ3) is 10.9. The molecule has 39 heavy (non-hydrogen) atoms. The van der Waals surface area contributed by atoms with Crippen LogP contribution in [0.5, 0.6) is 5.75 Å². The number of guanidine groups is 1. The maximum Gasteiger partial charge on any atom is 0.326 e. The maximum absolute atomic E-state index is 13.4. The zero-order valence-corrected chi connectivity index (χ0v) is 21.3. The van der Waals surface area contributed by atoms with Crippen molar-refractivity contribution in [3.05, 3.63) is 29.8 Å². The lowest BCUT2D eigenvalue weighted by molar-refractivity contribution is -0.147. The van der Waals surface area contributed by atoms with Crippen molar-refractivity contribution in [2.75, 3.05) is 13.1 Å². The van der Waals surface area contributed by atoms with Crippen LogP contribution >= 0.6 is 0 Å². The van der Waals surface area contributed by atoms with Gasteiger partial charge in [0.15, 0.2) is 5.96 Å². The van der Waals surface area contributed by atoms with Gasteiger partial charge in [-0.1, -0.05) is 12.1 Å². The lowest BCUT2D eigenvalue weighted by Gasteiger charge is -2.25. The number of aliphatic imine (C=N–C) groups is 1. The van der Waals surface area contributed by atoms with E-state index in [9.17, 15) is 34.2 Å². The first-order valence-electron chi connectivity index (χ1n) is 12.4. The van der Waals surface area contributed by atoms with Crippen LogP contribution in [0.2, 0.25) is 0 Å². The van der Waals surface area contributed by atoms with Crippen LogP contribution in [0.15, 0.2) is 29.3 Å². The molecule has 0 aromatic heterocycles. The number of nitrogens with one attached hydrogen (secondary N) is 4. The van der Waals surface area contributed by atoms with Crippen LogP contribution in [-0.4, -0.2) is 88.2 Å². The van der Waals surface area contributed by atoms with Crippen molar-refractivity contribution in [3.8, 4) is 5.75 Å². The monoisotopic (exact) mass is 549 g/mol. The van der Waals surface area contributed by atoms with E-state index in [1.165, 1.54) is 12.1 Å². The predicted molar refractivity (Wildman–Crippen MR) is 138 cm³/mol. The molecule has 1 aromatic rings. The molecule has 1 aliphatic rings. The largest absolute Gasteiger partial charge is 0.508 e. The Bertz CT molecular complexity index is 1050. The maximum atomic E-state index is 13.4. The number of carbonyl (C=O) groups excluding carboxylic acids is 3. The molecule has 15 nitrogen and oxygen atoms in total. The van der Waals surface area contributed by atoms with E-state index in [0.717, 1.165) is 6.42 Å². The highest BCUT2D eigenvalue weighted by Gasteiger charge is 2.32. The van der Waals surface area contributed by atoms with E-state index in [2.05, 4.69) is 26.3 Å². The number of hydrogen-bond donors (Lipinski definition) is 9. The van der Waals surface area contributed by atoms with Gasteiger partial charge in [-0.3, -0.25) is 24.2 Å². The van der Waals surface area contributed by atoms with Gasteiger partial charge in [0.2, 0.25) is 17.7 Å². The molecule has 214 valence electrons. The first-order valence-corrected chi connectivity index (χ1v) is 12.4. The van der Waals surface area contributed by atoms with Gasteiger partial charge in [-0.05, 0) is 49.9 Å². The Hall–Kier alpha value is -4.40. The first kappa shape index (κ1) is 30.8. The minimum atomic E-state index is -1.73. The zero-order valence-electron chi connectivity index (χ0n) is 21.3. The van der Waals surface area contributed by atoms with Crippen LogP contribution in [0.3, 0.4) is 0 Å². The van der Waals surface area contributed by atoms with Gasteiger partial charge in [0, 0.05) is 13.0 Å². The number of amides is 3. The zero-order chi connectivity index (χ0) is 28.9. The van der Waals surface area contributed by atoms with Crippen LogP contribution in [-0.2, 0) is 30.4 Å². The van der Waals surface area contributed by atoms with E-state index < -0.39 is 60.2 Å². The smallest absolute Gasteiger partial charge is 0.326 e. The van der Waals surface area contributed by atoms with Crippen LogP contribution in [0.4, 0.5) is 0 Å². The highest BCUT2D eigenvalue weighted by molar-refractivity contribution is 5.94. The SMILES string of the molecule is NC(N)=NCCCC(NC(=O)C(Cc1ccc(O)cc1)NC(=O)C1CCCN1)C(=O)NC(CC(=O)O)C(=O)O. The Kier molecular flexibility index (Phi) is 11.9. The first-order chi connectivity index (χ1) is 18.5. The fourth-order valence-electron chi connectivity index (χ4n) is 3.95. The van der Waals surface area contributed by atoms with Crippen molar-refractivity contribution in [2.24, 2.45) is 16.5 Å². The second kappa shape index (κ2) is 15.1. The van der Waals surface area contributed by atoms with E-state index in [-0.39, 0.29) is 37.5 Å². The minimum Gasteiger partial charge on any atom is -0.508 e. The molecule has 2 rings (SSSR count). The Morgan fingerprint density at radius 3 is 2.18 bits per heavy atom. The van der Waals surface area contributed by atoms with Gasteiger partial charge in [-0.15, -0.1) is 0 Å². The minimum absolute atomic E-state index is 0.0161. The van der Waals surface area contributed by atoms with Crippen LogP contribution in [0.1, 0.15) is 37.7 Å². The van der Waals surface area contributed by atoms with Gasteiger partial charge in [0.05, 0.1) is 12.5 Å². The van der Waals surface area contributed by atoms with Crippen molar-refractivity contribution < 1.29 is 39.3 Å². The molecule has 0 aliphatic carbocycles. The van der Waals surface area contributed by atoms with Crippen molar-refractivity contribution in [2.45, 2.75) is 62.7 Å². The molecule has 0 saturated carbocycles. The average molecular weight is 550 g/mol. The normalized spacial score (nSPS) is 16.8. The van der Waals surface area contributed by atoms with E-state index in [0.29, 0.717) is 18.5 Å². The van der Waals surface area contributed by atoms with E-state index in [1.807, 2.05) is 0 Å². The average Bonchev–Trinajstić information content (AvgIpc) is 3.41. The van der Waals surface area contributed by atoms with Gasteiger partial charge < -0.3 is 48.1 Å². The van der Waals surface area contributed by atoms with Gasteiger partial charge >= 0.3 is 11.9 Å². The quantitative estimate of drug-likeness (QED) is 0.0641. The summed E-state index contributed by atoms with van der Waals surface area (Å²) in [6.45, 7) is 0.770. The van der Waals surface area contributed by atoms with Crippen molar-refractivity contribution in [3.63, 3.8) is 0 Å². The third-order valence-corrected chi connectivity index (χ3v) is 5.96. The molecule has 3 amide bonds. The predicted octanol–water partition coefficient (Wildman–Crippen LogP) is -2.25. The summed E-state index contributed by atoms with van der Waals surface area (Å²) in [5.41, 5.74) is 11.2. The number of carboxylic acids is 2. The molecule has 1 aliphatic heterocycles. The topological polar surface area (TPSA) is 259 Å². The summed E-state index contributed by atoms with van der Waals surface area (Å²) in [5, 5.41) is 38.3. The third-order valence-electron chi connectivity index (χ3n) is 5.96. The number of nitrogens with two attached hydrogens (primary N) is 2. The summed E-state index contributed by atoms with van der Waals surface area (Å²) in [7, 11) is 0. The molecule has 1 aromatic carbocycles. The van der Waals surface area contributed by atoms with Crippen LogP contribution in [0.25, 0.3) is 0 Å². The second-order valence-corrected chi connectivity index (χ2v) is 9.09. The number of hydrogen-bond acceptors (Lipinski definition) is 8. The lowest BCUT2D eigenvalue weighted by Crippen LogP contribution is -2.57. The molecular formula is C24H35N7O8. The molecule has 0 spiro atoms. The van der Waals surface area contributed by atoms with E-state index >= 15 is 0 Å². The highest BCUT2D eigenvalue weighted by Crippen LogP contribution is 2.13. The summed E-state index contributed by atoms with van der Waals surface area (Å²) in [6.07, 6.45) is 0.750. The fraction of sp³-hybridized carbons (Fsp3) is 0.500. The van der Waals surface area contributed by atoms with Gasteiger partial charge in [0.25, 0.3) is 0 Å². The molecule has 4 atom stereocenters. The van der Waals surface area contributed by atoms with Crippen molar-refractivity contribution in [1.29, 1.82) is 0 Å². The summed E-state index contributed by atoms with van der Waals surface area (Å²) in [6, 6.07) is 1.41. The van der Waals surface area contributed by atoms with Crippen molar-refractivity contribution >= 4 is 35.6 Å². The number of phenolic OH excluding ortho intramolecular Hbond substituents is 1. The molecule has 4 unspecified atom stereocenters. The molecule has 0 bridgehead atoms. The fourth-order valence-corrected chi connectivity index (χ4v) is 3.95. The summed E-state index contributed by atoms with van der Waals surface area (Å²) in [5.74, 6) is -5.19. The molecule has 1 saturated heterocycles. The number of benzene rings is 1. The van der Waals surface area contributed by atoms with Crippen LogP contribution < -0.4 is 32.7 Å². The molecule has 11 N–H and O–H groups in total. The number of nitrogens with zero attached hydrogens (tertiary/aromatic N) is 1. The van der Waals surface area contributed by atoms with Gasteiger partial charge in [-0.25, -0.2) is 4.79 Å². The second-order valence-electron chi connectivity index (χ2n) is 9.09. The molecule has 15 heteroatoms. The summed E-state index contributed by atoms with van der Waals surface area (Å²) >= 11 is 0. The molecule has 1 fully saturated rings. The number of carboxylic acid groups (broad SMARTS) is 2. The standard InChI is InChI=1S/C24H35N7O8/c25-24(26)28-10-2-4-16(21(36)31-18(23(38)39)12-19(33)34)29-22(37)17(11-13-5-7-14(32)8-6-13)30-20(35)15-3-1-9-27-15/h5-8,15-18,27,32H,1-4,9-12H2,(H,29,37)(H,30,35)(H,31,36)(H,33,34)(H,38,39)(H4,25,26,28). The van der Waals surface area contributed by atoms with E-state index in [1.54, 1.807) is 12.1 Å². The Labute approximate surface area is 224 Å². The molecule has 0 radical (unpaired) electrons. The lowest BCUT2D eigenvalue weighted by atomic mass is 10.0. The van der Waals surface area contributed by atoms with Gasteiger partial charge in [0.1, 0.15) is 23.9 Å². The number of carbonyl (C=O) groups is 5. The van der Waals surface area contributed by atoms with Crippen molar-refractivity contribution in [1.82, 2.24) is 21.3 Å². The molecule has 1 heterocycles. The Morgan fingerprint density at radius 2 is 1.62 bits per heavy atom. The number of aromatic hydroxyl groups is 1. The highest BCUT2D eigenvalue weighted by atomic mass is 16.4.